The zero-order valence-electron chi connectivity index (χ0n) is 19.7. The highest BCUT2D eigenvalue weighted by molar-refractivity contribution is 7.22. The van der Waals surface area contributed by atoms with Gasteiger partial charge in [-0.3, -0.25) is 9.59 Å². The van der Waals surface area contributed by atoms with E-state index in [0.717, 1.165) is 4.70 Å². The molecule has 5 rings (SSSR count). The lowest BCUT2D eigenvalue weighted by molar-refractivity contribution is 0.0985. The van der Waals surface area contributed by atoms with Crippen molar-refractivity contribution in [2.45, 2.75) is 0 Å². The van der Waals surface area contributed by atoms with Gasteiger partial charge < -0.3 is 4.74 Å². The zero-order valence-corrected chi connectivity index (χ0v) is 20.5. The SMILES string of the molecule is COc1ccc2nc(N(/N=C/c3ccc(F)cc3)C(=O)c3ccc(C(=O)c4ccccc4)cc3)sc2c1. The van der Waals surface area contributed by atoms with Gasteiger partial charge in [0.05, 0.1) is 23.5 Å². The Morgan fingerprint density at radius 3 is 2.27 bits per heavy atom. The van der Waals surface area contributed by atoms with Crippen molar-refractivity contribution in [2.75, 3.05) is 12.1 Å². The molecule has 5 aromatic rings. The number of fused-ring (bicyclic) bond motifs is 1. The normalized spacial score (nSPS) is 11.1. The highest BCUT2D eigenvalue weighted by atomic mass is 32.1. The molecule has 1 amide bonds. The Labute approximate surface area is 216 Å². The predicted octanol–water partition coefficient (Wildman–Crippen LogP) is 6.36. The van der Waals surface area contributed by atoms with E-state index >= 15 is 0 Å². The first kappa shape index (κ1) is 24.0. The summed E-state index contributed by atoms with van der Waals surface area (Å²) in [5, 5.41) is 5.96. The molecule has 6 nitrogen and oxygen atoms in total. The van der Waals surface area contributed by atoms with Gasteiger partial charge in [0.25, 0.3) is 5.91 Å². The van der Waals surface area contributed by atoms with Crippen molar-refractivity contribution in [3.8, 4) is 5.75 Å². The van der Waals surface area contributed by atoms with Crippen molar-refractivity contribution >= 4 is 44.6 Å². The van der Waals surface area contributed by atoms with Crippen molar-refractivity contribution in [1.29, 1.82) is 0 Å². The van der Waals surface area contributed by atoms with E-state index in [9.17, 15) is 14.0 Å². The van der Waals surface area contributed by atoms with Gasteiger partial charge in [0, 0.05) is 16.7 Å². The van der Waals surface area contributed by atoms with Gasteiger partial charge in [-0.25, -0.2) is 9.37 Å². The number of nitrogens with zero attached hydrogens (tertiary/aromatic N) is 3. The van der Waals surface area contributed by atoms with Crippen LogP contribution >= 0.6 is 11.3 Å². The van der Waals surface area contributed by atoms with Crippen LogP contribution in [0.25, 0.3) is 10.2 Å². The van der Waals surface area contributed by atoms with Crippen LogP contribution in [-0.2, 0) is 0 Å². The van der Waals surface area contributed by atoms with Gasteiger partial charge in [0.1, 0.15) is 11.6 Å². The molecule has 0 aliphatic heterocycles. The zero-order chi connectivity index (χ0) is 25.8. The number of hydrogen-bond acceptors (Lipinski definition) is 6. The highest BCUT2D eigenvalue weighted by Gasteiger charge is 2.22. The second-order valence-corrected chi connectivity index (χ2v) is 9.02. The number of aromatic nitrogens is 1. The topological polar surface area (TPSA) is 71.9 Å². The molecule has 0 aliphatic rings. The quantitative estimate of drug-likeness (QED) is 0.145. The van der Waals surface area contributed by atoms with Crippen LogP contribution in [0.15, 0.2) is 102 Å². The number of ketones is 1. The minimum atomic E-state index is -0.428. The number of anilines is 1. The second-order valence-electron chi connectivity index (χ2n) is 8.02. The summed E-state index contributed by atoms with van der Waals surface area (Å²) in [6.07, 6.45) is 1.47. The van der Waals surface area contributed by atoms with Crippen molar-refractivity contribution in [2.24, 2.45) is 5.10 Å². The van der Waals surface area contributed by atoms with Crippen LogP contribution in [0.5, 0.6) is 5.75 Å². The average Bonchev–Trinajstić information content (AvgIpc) is 3.37. The Balaban J connectivity index is 1.48. The minimum absolute atomic E-state index is 0.133. The number of hydrogen-bond donors (Lipinski definition) is 0. The minimum Gasteiger partial charge on any atom is -0.497 e. The van der Waals surface area contributed by atoms with E-state index in [1.807, 2.05) is 18.2 Å². The number of thiazole rings is 1. The second kappa shape index (κ2) is 10.5. The number of hydrazone groups is 1. The third kappa shape index (κ3) is 5.29. The molecule has 0 atom stereocenters. The summed E-state index contributed by atoms with van der Waals surface area (Å²) in [5.74, 6) is -0.251. The Bertz CT molecular complexity index is 1600. The molecule has 8 heteroatoms. The van der Waals surface area contributed by atoms with Gasteiger partial charge >= 0.3 is 0 Å². The van der Waals surface area contributed by atoms with Crippen LogP contribution in [0.3, 0.4) is 0 Å². The van der Waals surface area contributed by atoms with Crippen LogP contribution in [-0.4, -0.2) is 30.0 Å². The number of rotatable bonds is 7. The molecule has 0 saturated carbocycles. The molecule has 0 radical (unpaired) electrons. The number of carbonyl (C=O) groups is 2. The van der Waals surface area contributed by atoms with Crippen molar-refractivity contribution < 1.29 is 18.7 Å². The average molecular weight is 510 g/mol. The highest BCUT2D eigenvalue weighted by Crippen LogP contribution is 2.32. The monoisotopic (exact) mass is 509 g/mol. The molecule has 0 aliphatic carbocycles. The Hall–Kier alpha value is -4.69. The first-order chi connectivity index (χ1) is 18.0. The van der Waals surface area contributed by atoms with E-state index < -0.39 is 5.91 Å². The summed E-state index contributed by atoms with van der Waals surface area (Å²) in [7, 11) is 1.58. The fourth-order valence-corrected chi connectivity index (χ4v) is 4.57. The fourth-order valence-electron chi connectivity index (χ4n) is 3.61. The molecule has 0 saturated heterocycles. The Morgan fingerprint density at radius 1 is 0.892 bits per heavy atom. The van der Waals surface area contributed by atoms with Crippen molar-refractivity contribution in [3.63, 3.8) is 0 Å². The van der Waals surface area contributed by atoms with Gasteiger partial charge in [0.15, 0.2) is 5.78 Å². The molecule has 0 fully saturated rings. The third-order valence-corrected chi connectivity index (χ3v) is 6.57. The van der Waals surface area contributed by atoms with E-state index in [4.69, 9.17) is 4.74 Å². The van der Waals surface area contributed by atoms with E-state index in [2.05, 4.69) is 10.1 Å². The maximum Gasteiger partial charge on any atom is 0.280 e. The van der Waals surface area contributed by atoms with Gasteiger partial charge in [-0.05, 0) is 48.0 Å². The van der Waals surface area contributed by atoms with E-state index in [0.29, 0.717) is 38.7 Å². The lowest BCUT2D eigenvalue weighted by atomic mass is 10.0. The molecule has 0 unspecified atom stereocenters. The number of carbonyl (C=O) groups excluding carboxylic acids is 2. The molecule has 37 heavy (non-hydrogen) atoms. The lowest BCUT2D eigenvalue weighted by Gasteiger charge is -2.14. The van der Waals surface area contributed by atoms with Gasteiger partial charge in [-0.1, -0.05) is 65.9 Å². The van der Waals surface area contributed by atoms with E-state index in [1.54, 1.807) is 73.8 Å². The Kier molecular flexibility index (Phi) is 6.83. The summed E-state index contributed by atoms with van der Waals surface area (Å²) in [4.78, 5) is 30.9. The van der Waals surface area contributed by atoms with E-state index in [-0.39, 0.29) is 11.6 Å². The molecule has 1 aromatic heterocycles. The lowest BCUT2D eigenvalue weighted by Crippen LogP contribution is -2.25. The predicted molar refractivity (Wildman–Crippen MR) is 143 cm³/mol. The first-order valence-electron chi connectivity index (χ1n) is 11.3. The smallest absolute Gasteiger partial charge is 0.280 e. The van der Waals surface area contributed by atoms with Crippen LogP contribution in [0, 0.1) is 5.82 Å². The number of amides is 1. The molecule has 182 valence electrons. The molecule has 0 spiro atoms. The summed E-state index contributed by atoms with van der Waals surface area (Å²) < 4.78 is 19.4. The molecular weight excluding hydrogens is 489 g/mol. The number of methoxy groups -OCH3 is 1. The van der Waals surface area contributed by atoms with Crippen LogP contribution in [0.2, 0.25) is 0 Å². The molecular formula is C29H20FN3O3S. The maximum absolute atomic E-state index is 13.6. The largest absolute Gasteiger partial charge is 0.497 e. The van der Waals surface area contributed by atoms with Crippen molar-refractivity contribution in [3.05, 3.63) is 125 Å². The third-order valence-electron chi connectivity index (χ3n) is 5.58. The fraction of sp³-hybridized carbons (Fsp3) is 0.0345. The number of ether oxygens (including phenoxy) is 1. The molecule has 4 aromatic carbocycles. The van der Waals surface area contributed by atoms with Crippen LogP contribution in [0.4, 0.5) is 9.52 Å². The van der Waals surface area contributed by atoms with Gasteiger partial charge in [0.2, 0.25) is 5.13 Å². The number of benzene rings is 4. The number of halogens is 1. The summed E-state index contributed by atoms with van der Waals surface area (Å²) >= 11 is 1.29. The standard InChI is InChI=1S/C29H20FN3O3S/c1-36-24-15-16-25-26(17-24)37-29(32-25)33(31-18-19-7-13-23(30)14-8-19)28(35)22-11-9-21(10-12-22)27(34)20-5-3-2-4-6-20/h2-18H,1H3/b31-18+. The Morgan fingerprint density at radius 2 is 1.57 bits per heavy atom. The first-order valence-corrected chi connectivity index (χ1v) is 12.1. The molecule has 0 N–H and O–H groups in total. The van der Waals surface area contributed by atoms with Gasteiger partial charge in [-0.2, -0.15) is 10.1 Å². The van der Waals surface area contributed by atoms with E-state index in [1.165, 1.54) is 34.7 Å². The summed E-state index contributed by atoms with van der Waals surface area (Å²) in [6.45, 7) is 0. The van der Waals surface area contributed by atoms with Gasteiger partial charge in [-0.15, -0.1) is 0 Å². The molecule has 1 heterocycles. The maximum atomic E-state index is 13.6. The van der Waals surface area contributed by atoms with Crippen molar-refractivity contribution in [1.82, 2.24) is 4.98 Å². The van der Waals surface area contributed by atoms with Crippen LogP contribution in [0.1, 0.15) is 31.8 Å². The van der Waals surface area contributed by atoms with Crippen LogP contribution < -0.4 is 9.75 Å². The summed E-state index contributed by atoms with van der Waals surface area (Å²) in [6, 6.07) is 26.6. The molecule has 0 bridgehead atoms. The summed E-state index contributed by atoms with van der Waals surface area (Å²) in [5.41, 5.74) is 2.68.